The second-order valence-corrected chi connectivity index (χ2v) is 9.14. The van der Waals surface area contributed by atoms with E-state index >= 15 is 0 Å². The van der Waals surface area contributed by atoms with Gasteiger partial charge in [-0.15, -0.1) is 11.3 Å². The zero-order chi connectivity index (χ0) is 21.3. The number of halogens is 1. The molecular formula is C21H26ClNO5S. The summed E-state index contributed by atoms with van der Waals surface area (Å²) in [7, 11) is 3.43. The van der Waals surface area contributed by atoms with Gasteiger partial charge in [0, 0.05) is 36.8 Å². The van der Waals surface area contributed by atoms with Crippen molar-refractivity contribution in [2.75, 3.05) is 14.1 Å². The van der Waals surface area contributed by atoms with Crippen LogP contribution in [-0.2, 0) is 17.8 Å². The van der Waals surface area contributed by atoms with Crippen LogP contribution in [0.5, 0.6) is 0 Å². The monoisotopic (exact) mass is 439 g/mol. The van der Waals surface area contributed by atoms with Gasteiger partial charge < -0.3 is 25.0 Å². The van der Waals surface area contributed by atoms with Gasteiger partial charge >= 0.3 is 0 Å². The average Bonchev–Trinajstić information content (AvgIpc) is 3.14. The highest BCUT2D eigenvalue weighted by molar-refractivity contribution is 7.14. The van der Waals surface area contributed by atoms with Gasteiger partial charge in [0.05, 0.1) is 29.8 Å². The number of thiophene rings is 1. The SMILES string of the molecule is C[C@H]1O[C@@H](c2cc(Cc3ccc(C(=O)N(C)C)s3)c(Cl)cc2CO)CC(O)[C@@H]1O. The molecule has 2 aromatic rings. The van der Waals surface area contributed by atoms with Gasteiger partial charge in [-0.2, -0.15) is 0 Å². The highest BCUT2D eigenvalue weighted by Crippen LogP contribution is 2.36. The van der Waals surface area contributed by atoms with E-state index in [-0.39, 0.29) is 18.9 Å². The first-order chi connectivity index (χ1) is 13.7. The molecule has 2 heterocycles. The topological polar surface area (TPSA) is 90.2 Å². The highest BCUT2D eigenvalue weighted by Gasteiger charge is 2.35. The predicted molar refractivity (Wildman–Crippen MR) is 112 cm³/mol. The van der Waals surface area contributed by atoms with Crippen molar-refractivity contribution in [3.63, 3.8) is 0 Å². The molecule has 1 aromatic carbocycles. The van der Waals surface area contributed by atoms with Crippen LogP contribution in [0.15, 0.2) is 24.3 Å². The molecular weight excluding hydrogens is 414 g/mol. The Morgan fingerprint density at radius 3 is 2.62 bits per heavy atom. The summed E-state index contributed by atoms with van der Waals surface area (Å²) in [6.07, 6.45) is -2.03. The summed E-state index contributed by atoms with van der Waals surface area (Å²) >= 11 is 7.88. The Kier molecular flexibility index (Phi) is 6.98. The maximum absolute atomic E-state index is 12.1. The molecule has 6 nitrogen and oxygen atoms in total. The van der Waals surface area contributed by atoms with Crippen LogP contribution in [0.2, 0.25) is 5.02 Å². The standard InChI is InChI=1S/C21H26ClNO5S/c1-11-20(26)17(25)9-18(28-11)15-7-12(16(22)8-13(15)10-24)6-14-4-5-19(29-14)21(27)23(2)3/h4-5,7-8,11,17-18,20,24-26H,6,9-10H2,1-3H3/t11-,17?,18-,20-/m1/s1. The molecule has 29 heavy (non-hydrogen) atoms. The number of benzene rings is 1. The van der Waals surface area contributed by atoms with Crippen LogP contribution in [0.25, 0.3) is 0 Å². The molecule has 158 valence electrons. The van der Waals surface area contributed by atoms with E-state index in [1.54, 1.807) is 27.1 Å². The van der Waals surface area contributed by atoms with E-state index in [9.17, 15) is 20.1 Å². The van der Waals surface area contributed by atoms with Crippen LogP contribution in [0, 0.1) is 0 Å². The number of aliphatic hydroxyl groups is 3. The van der Waals surface area contributed by atoms with Gasteiger partial charge in [0.25, 0.3) is 5.91 Å². The normalized spacial score (nSPS) is 24.5. The third-order valence-corrected chi connectivity index (χ3v) is 6.60. The molecule has 1 saturated heterocycles. The summed E-state index contributed by atoms with van der Waals surface area (Å²) in [6.45, 7) is 1.51. The van der Waals surface area contributed by atoms with Crippen LogP contribution in [-0.4, -0.2) is 58.5 Å². The number of rotatable bonds is 5. The molecule has 0 spiro atoms. The van der Waals surface area contributed by atoms with Gasteiger partial charge in [-0.05, 0) is 41.8 Å². The molecule has 3 N–H and O–H groups in total. The van der Waals surface area contributed by atoms with Crippen LogP contribution < -0.4 is 0 Å². The van der Waals surface area contributed by atoms with E-state index in [1.165, 1.54) is 16.2 Å². The van der Waals surface area contributed by atoms with Gasteiger partial charge in [0.15, 0.2) is 0 Å². The highest BCUT2D eigenvalue weighted by atomic mass is 35.5. The van der Waals surface area contributed by atoms with Crippen molar-refractivity contribution >= 4 is 28.8 Å². The molecule has 0 saturated carbocycles. The molecule has 1 aliphatic heterocycles. The van der Waals surface area contributed by atoms with Crippen LogP contribution in [0.3, 0.4) is 0 Å². The molecule has 0 bridgehead atoms. The van der Waals surface area contributed by atoms with E-state index in [0.717, 1.165) is 16.0 Å². The number of ether oxygens (including phenoxy) is 1. The molecule has 3 rings (SSSR count). The molecule has 4 atom stereocenters. The molecule has 8 heteroatoms. The third-order valence-electron chi connectivity index (χ3n) is 5.18. The third kappa shape index (κ3) is 4.82. The van der Waals surface area contributed by atoms with Crippen molar-refractivity contribution in [1.82, 2.24) is 4.90 Å². The fourth-order valence-electron chi connectivity index (χ4n) is 3.51. The van der Waals surface area contributed by atoms with Crippen molar-refractivity contribution in [3.05, 3.63) is 55.7 Å². The average molecular weight is 440 g/mol. The maximum Gasteiger partial charge on any atom is 0.263 e. The van der Waals surface area contributed by atoms with Crippen molar-refractivity contribution < 1.29 is 24.9 Å². The van der Waals surface area contributed by atoms with E-state index < -0.39 is 24.4 Å². The molecule has 1 aliphatic rings. The smallest absolute Gasteiger partial charge is 0.263 e. The minimum atomic E-state index is -0.936. The Bertz CT molecular complexity index is 872. The summed E-state index contributed by atoms with van der Waals surface area (Å²) < 4.78 is 5.89. The van der Waals surface area contributed by atoms with Gasteiger partial charge in [-0.1, -0.05) is 17.7 Å². The van der Waals surface area contributed by atoms with Crippen LogP contribution >= 0.6 is 22.9 Å². The lowest BCUT2D eigenvalue weighted by atomic mass is 9.90. The number of aliphatic hydroxyl groups excluding tert-OH is 3. The summed E-state index contributed by atoms with van der Waals surface area (Å²) in [5.74, 6) is -0.0409. The summed E-state index contributed by atoms with van der Waals surface area (Å²) in [6, 6.07) is 7.33. The Balaban J connectivity index is 1.89. The fraction of sp³-hybridized carbons (Fsp3) is 0.476. The Labute approximate surface area is 179 Å². The second-order valence-electron chi connectivity index (χ2n) is 7.57. The van der Waals surface area contributed by atoms with E-state index in [1.807, 2.05) is 18.2 Å². The first-order valence-corrected chi connectivity index (χ1v) is 10.6. The lowest BCUT2D eigenvalue weighted by Crippen LogP contribution is -2.44. The van der Waals surface area contributed by atoms with Gasteiger partial charge in [0.1, 0.15) is 6.10 Å². The molecule has 1 aromatic heterocycles. The second kappa shape index (κ2) is 9.12. The lowest BCUT2D eigenvalue weighted by Gasteiger charge is -2.36. The number of hydrogen-bond donors (Lipinski definition) is 3. The predicted octanol–water partition coefficient (Wildman–Crippen LogP) is 2.76. The van der Waals surface area contributed by atoms with Gasteiger partial charge in [-0.3, -0.25) is 4.79 Å². The number of carbonyl (C=O) groups excluding carboxylic acids is 1. The number of hydrogen-bond acceptors (Lipinski definition) is 6. The van der Waals surface area contributed by atoms with Gasteiger partial charge in [-0.25, -0.2) is 0 Å². The lowest BCUT2D eigenvalue weighted by molar-refractivity contribution is -0.163. The molecule has 1 unspecified atom stereocenters. The van der Waals surface area contributed by atoms with E-state index in [4.69, 9.17) is 16.3 Å². The Morgan fingerprint density at radius 1 is 1.28 bits per heavy atom. The zero-order valence-corrected chi connectivity index (χ0v) is 18.2. The quantitative estimate of drug-likeness (QED) is 0.666. The van der Waals surface area contributed by atoms with Crippen molar-refractivity contribution in [1.29, 1.82) is 0 Å². The first kappa shape index (κ1) is 22.2. The van der Waals surface area contributed by atoms with E-state index in [0.29, 0.717) is 21.9 Å². The molecule has 0 radical (unpaired) electrons. The van der Waals surface area contributed by atoms with Crippen LogP contribution in [0.1, 0.15) is 50.7 Å². The molecule has 1 amide bonds. The molecule has 1 fully saturated rings. The summed E-state index contributed by atoms with van der Waals surface area (Å²) in [4.78, 5) is 15.3. The first-order valence-electron chi connectivity index (χ1n) is 9.45. The van der Waals surface area contributed by atoms with Crippen molar-refractivity contribution in [2.24, 2.45) is 0 Å². The van der Waals surface area contributed by atoms with E-state index in [2.05, 4.69) is 0 Å². The number of nitrogens with zero attached hydrogens (tertiary/aromatic N) is 1. The summed E-state index contributed by atoms with van der Waals surface area (Å²) in [5, 5.41) is 30.4. The minimum Gasteiger partial charge on any atom is -0.392 e. The minimum absolute atomic E-state index is 0.0409. The summed E-state index contributed by atoms with van der Waals surface area (Å²) in [5.41, 5.74) is 2.24. The Hall–Kier alpha value is -1.48. The van der Waals surface area contributed by atoms with Crippen molar-refractivity contribution in [3.8, 4) is 0 Å². The van der Waals surface area contributed by atoms with Crippen LogP contribution in [0.4, 0.5) is 0 Å². The number of carbonyl (C=O) groups is 1. The van der Waals surface area contributed by atoms with Gasteiger partial charge in [0.2, 0.25) is 0 Å². The number of amides is 1. The largest absolute Gasteiger partial charge is 0.392 e. The molecule has 0 aliphatic carbocycles. The fourth-order valence-corrected chi connectivity index (χ4v) is 4.82. The van der Waals surface area contributed by atoms with Crippen molar-refractivity contribution in [2.45, 2.75) is 50.8 Å². The Morgan fingerprint density at radius 2 is 2.00 bits per heavy atom. The maximum atomic E-state index is 12.1. The zero-order valence-electron chi connectivity index (χ0n) is 16.6.